The van der Waals surface area contributed by atoms with Gasteiger partial charge in [0.15, 0.2) is 0 Å². The van der Waals surface area contributed by atoms with Crippen molar-refractivity contribution < 1.29 is 14.7 Å². The molecule has 0 aromatic rings. The number of hydrogen-bond donors (Lipinski definition) is 1. The number of carboxylic acids is 1. The summed E-state index contributed by atoms with van der Waals surface area (Å²) < 4.78 is 0. The van der Waals surface area contributed by atoms with E-state index < -0.39 is 11.4 Å². The third-order valence-electron chi connectivity index (χ3n) is 3.95. The van der Waals surface area contributed by atoms with Gasteiger partial charge >= 0.3 is 5.97 Å². The van der Waals surface area contributed by atoms with Crippen LogP contribution in [0.1, 0.15) is 39.0 Å². The molecule has 2 rings (SSSR count). The summed E-state index contributed by atoms with van der Waals surface area (Å²) in [4.78, 5) is 22.4. The fourth-order valence-electron chi connectivity index (χ4n) is 2.81. The largest absolute Gasteiger partial charge is 0.481 e. The number of carbonyl (C=O) groups excluding carboxylic acids is 1. The van der Waals surface area contributed by atoms with Crippen molar-refractivity contribution in [1.82, 2.24) is 0 Å². The van der Waals surface area contributed by atoms with Crippen LogP contribution in [0.25, 0.3) is 0 Å². The molecule has 2 atom stereocenters. The van der Waals surface area contributed by atoms with Crippen LogP contribution in [0.2, 0.25) is 0 Å². The molecule has 78 valence electrons. The molecule has 0 amide bonds. The number of aliphatic carboxylic acids is 1. The van der Waals surface area contributed by atoms with Gasteiger partial charge in [0.05, 0.1) is 5.41 Å². The molecule has 0 aliphatic heterocycles. The van der Waals surface area contributed by atoms with Gasteiger partial charge < -0.3 is 5.11 Å². The van der Waals surface area contributed by atoms with E-state index in [9.17, 15) is 14.7 Å². The summed E-state index contributed by atoms with van der Waals surface area (Å²) >= 11 is 0. The minimum atomic E-state index is -0.681. The number of rotatable bonds is 2. The topological polar surface area (TPSA) is 54.4 Å². The van der Waals surface area contributed by atoms with Gasteiger partial charge in [-0.25, -0.2) is 0 Å². The normalized spacial score (nSPS) is 35.4. The van der Waals surface area contributed by atoms with Gasteiger partial charge in [-0.2, -0.15) is 0 Å². The lowest BCUT2D eigenvalue weighted by Gasteiger charge is -2.33. The second-order valence-electron chi connectivity index (χ2n) is 4.82. The molecule has 3 heteroatoms. The lowest BCUT2D eigenvalue weighted by Crippen LogP contribution is -2.38. The minimum Gasteiger partial charge on any atom is -0.481 e. The smallest absolute Gasteiger partial charge is 0.309 e. The van der Waals surface area contributed by atoms with E-state index >= 15 is 0 Å². The van der Waals surface area contributed by atoms with Crippen molar-refractivity contribution in [2.45, 2.75) is 39.0 Å². The highest BCUT2D eigenvalue weighted by Gasteiger charge is 2.56. The summed E-state index contributed by atoms with van der Waals surface area (Å²) in [5.74, 6) is 0.418. The first-order valence-electron chi connectivity index (χ1n) is 5.31. The Morgan fingerprint density at radius 1 is 1.43 bits per heavy atom. The Hall–Kier alpha value is -0.860. The SMILES string of the molecule is CC1CC1C1(C(=O)O)CCC(=O)CC1. The molecule has 3 nitrogen and oxygen atoms in total. The van der Waals surface area contributed by atoms with Gasteiger partial charge in [0.2, 0.25) is 0 Å². The molecule has 14 heavy (non-hydrogen) atoms. The maximum atomic E-state index is 11.3. The number of carbonyl (C=O) groups is 2. The molecule has 0 aromatic heterocycles. The fraction of sp³-hybridized carbons (Fsp3) is 0.818. The molecule has 2 fully saturated rings. The van der Waals surface area contributed by atoms with Crippen LogP contribution in [0.15, 0.2) is 0 Å². The van der Waals surface area contributed by atoms with Crippen molar-refractivity contribution in [2.75, 3.05) is 0 Å². The number of hydrogen-bond acceptors (Lipinski definition) is 2. The predicted octanol–water partition coefficient (Wildman–Crippen LogP) is 1.86. The molecule has 2 unspecified atom stereocenters. The first-order valence-corrected chi connectivity index (χ1v) is 5.31. The van der Waals surface area contributed by atoms with E-state index in [0.29, 0.717) is 37.5 Å². The van der Waals surface area contributed by atoms with E-state index in [1.54, 1.807) is 0 Å². The van der Waals surface area contributed by atoms with Crippen LogP contribution >= 0.6 is 0 Å². The Kier molecular flexibility index (Phi) is 2.13. The van der Waals surface area contributed by atoms with E-state index in [0.717, 1.165) is 6.42 Å². The van der Waals surface area contributed by atoms with Crippen LogP contribution in [0.3, 0.4) is 0 Å². The molecule has 0 aromatic carbocycles. The van der Waals surface area contributed by atoms with Gasteiger partial charge in [0, 0.05) is 12.8 Å². The zero-order valence-corrected chi connectivity index (χ0v) is 8.45. The lowest BCUT2D eigenvalue weighted by atomic mass is 9.69. The fourth-order valence-corrected chi connectivity index (χ4v) is 2.81. The van der Waals surface area contributed by atoms with Crippen molar-refractivity contribution in [3.8, 4) is 0 Å². The molecule has 1 N–H and O–H groups in total. The predicted molar refractivity (Wildman–Crippen MR) is 50.8 cm³/mol. The van der Waals surface area contributed by atoms with Gasteiger partial charge in [-0.1, -0.05) is 6.92 Å². The molecule has 0 radical (unpaired) electrons. The first-order chi connectivity index (χ1) is 6.56. The Morgan fingerprint density at radius 3 is 2.29 bits per heavy atom. The van der Waals surface area contributed by atoms with Crippen molar-refractivity contribution in [3.63, 3.8) is 0 Å². The maximum Gasteiger partial charge on any atom is 0.309 e. The molecule has 2 aliphatic rings. The average Bonchev–Trinajstić information content (AvgIpc) is 2.84. The minimum absolute atomic E-state index is 0.232. The molecular formula is C11H16O3. The Morgan fingerprint density at radius 2 is 1.93 bits per heavy atom. The Balaban J connectivity index is 2.15. The van der Waals surface area contributed by atoms with E-state index in [1.165, 1.54) is 0 Å². The van der Waals surface area contributed by atoms with Gasteiger partial charge in [-0.05, 0) is 31.1 Å². The van der Waals surface area contributed by atoms with E-state index in [1.807, 2.05) is 0 Å². The molecule has 2 saturated carbocycles. The molecule has 0 heterocycles. The summed E-state index contributed by atoms with van der Waals surface area (Å²) in [5, 5.41) is 9.29. The second-order valence-corrected chi connectivity index (χ2v) is 4.82. The van der Waals surface area contributed by atoms with Gasteiger partial charge in [0.1, 0.15) is 5.78 Å². The van der Waals surface area contributed by atoms with E-state index in [4.69, 9.17) is 0 Å². The van der Waals surface area contributed by atoms with Crippen LogP contribution in [-0.2, 0) is 9.59 Å². The van der Waals surface area contributed by atoms with Crippen molar-refractivity contribution in [2.24, 2.45) is 17.3 Å². The van der Waals surface area contributed by atoms with Crippen molar-refractivity contribution >= 4 is 11.8 Å². The summed E-state index contributed by atoms with van der Waals surface area (Å²) in [5.41, 5.74) is -0.562. The second kappa shape index (κ2) is 3.07. The Bertz CT molecular complexity index is 272. The van der Waals surface area contributed by atoms with Gasteiger partial charge in [-0.15, -0.1) is 0 Å². The molecule has 2 aliphatic carbocycles. The van der Waals surface area contributed by atoms with Crippen LogP contribution in [-0.4, -0.2) is 16.9 Å². The lowest BCUT2D eigenvalue weighted by molar-refractivity contribution is -0.154. The Labute approximate surface area is 83.5 Å². The molecular weight excluding hydrogens is 180 g/mol. The quantitative estimate of drug-likeness (QED) is 0.733. The van der Waals surface area contributed by atoms with Crippen LogP contribution in [0, 0.1) is 17.3 Å². The van der Waals surface area contributed by atoms with Crippen molar-refractivity contribution in [1.29, 1.82) is 0 Å². The van der Waals surface area contributed by atoms with E-state index in [2.05, 4.69) is 6.92 Å². The third kappa shape index (κ3) is 1.35. The van der Waals surface area contributed by atoms with Crippen LogP contribution in [0.5, 0.6) is 0 Å². The first kappa shape index (κ1) is 9.69. The molecule has 0 saturated heterocycles. The van der Waals surface area contributed by atoms with Gasteiger partial charge in [0.25, 0.3) is 0 Å². The molecule has 0 spiro atoms. The van der Waals surface area contributed by atoms with Crippen LogP contribution < -0.4 is 0 Å². The third-order valence-corrected chi connectivity index (χ3v) is 3.95. The number of ketones is 1. The highest BCUT2D eigenvalue weighted by atomic mass is 16.4. The summed E-state index contributed by atoms with van der Waals surface area (Å²) in [6.45, 7) is 2.10. The number of carboxylic acid groups (broad SMARTS) is 1. The van der Waals surface area contributed by atoms with Crippen LogP contribution in [0.4, 0.5) is 0 Å². The highest BCUT2D eigenvalue weighted by molar-refractivity contribution is 5.84. The zero-order valence-electron chi connectivity index (χ0n) is 8.45. The number of Topliss-reactive ketones (excluding diaryl/α,β-unsaturated/α-hetero) is 1. The average molecular weight is 196 g/mol. The van der Waals surface area contributed by atoms with Gasteiger partial charge in [-0.3, -0.25) is 9.59 Å². The van der Waals surface area contributed by atoms with E-state index in [-0.39, 0.29) is 5.78 Å². The summed E-state index contributed by atoms with van der Waals surface area (Å²) in [7, 11) is 0. The zero-order chi connectivity index (χ0) is 10.3. The standard InChI is InChI=1S/C11H16O3/c1-7-6-9(7)11(10(13)14)4-2-8(12)3-5-11/h7,9H,2-6H2,1H3,(H,13,14). The summed E-state index contributed by atoms with van der Waals surface area (Å²) in [6.07, 6.45) is 3.10. The molecule has 0 bridgehead atoms. The maximum absolute atomic E-state index is 11.3. The highest BCUT2D eigenvalue weighted by Crippen LogP contribution is 2.56. The van der Waals surface area contributed by atoms with Crippen molar-refractivity contribution in [3.05, 3.63) is 0 Å². The monoisotopic (exact) mass is 196 g/mol. The summed E-state index contributed by atoms with van der Waals surface area (Å²) in [6, 6.07) is 0.